The summed E-state index contributed by atoms with van der Waals surface area (Å²) in [7, 11) is -2.21. The maximum Gasteiger partial charge on any atom is 0.264 e. The van der Waals surface area contributed by atoms with Crippen molar-refractivity contribution in [2.24, 2.45) is 11.8 Å². The fourth-order valence-electron chi connectivity index (χ4n) is 7.37. The van der Waals surface area contributed by atoms with Crippen molar-refractivity contribution in [2.75, 3.05) is 31.7 Å². The fraction of sp³-hybridized carbons (Fsp3) is 0.545. The molecule has 0 saturated heterocycles. The Hall–Kier alpha value is -2.55. The lowest BCUT2D eigenvalue weighted by Gasteiger charge is -2.44. The van der Waals surface area contributed by atoms with Crippen LogP contribution >= 0.6 is 11.6 Å². The van der Waals surface area contributed by atoms with E-state index < -0.39 is 21.2 Å². The van der Waals surface area contributed by atoms with Crippen molar-refractivity contribution in [3.05, 3.63) is 70.3 Å². The topological polar surface area (TPSA) is 84.9 Å². The van der Waals surface area contributed by atoms with Crippen LogP contribution in [-0.2, 0) is 26.6 Å². The molecule has 1 fully saturated rings. The molecular formula is C33H41ClN2O5S. The van der Waals surface area contributed by atoms with E-state index in [1.807, 2.05) is 25.1 Å². The Morgan fingerprint density at radius 2 is 1.98 bits per heavy atom. The minimum absolute atomic E-state index is 0.168. The van der Waals surface area contributed by atoms with Crippen molar-refractivity contribution in [1.29, 1.82) is 0 Å². The van der Waals surface area contributed by atoms with Crippen LogP contribution in [-0.4, -0.2) is 52.5 Å². The Morgan fingerprint density at radius 1 is 1.12 bits per heavy atom. The Labute approximate surface area is 254 Å². The van der Waals surface area contributed by atoms with Crippen molar-refractivity contribution in [3.8, 4) is 5.75 Å². The average Bonchev–Trinajstić information content (AvgIpc) is 3.10. The molecule has 1 N–H and O–H groups in total. The number of hydrogen-bond donors (Lipinski definition) is 1. The number of nitrogens with one attached hydrogen (secondary N) is 1. The first-order chi connectivity index (χ1) is 20.2. The summed E-state index contributed by atoms with van der Waals surface area (Å²) in [5.41, 5.74) is 3.53. The third kappa shape index (κ3) is 5.70. The fourth-order valence-corrected chi connectivity index (χ4v) is 9.00. The van der Waals surface area contributed by atoms with Gasteiger partial charge in [0.2, 0.25) is 10.0 Å². The highest BCUT2D eigenvalue weighted by atomic mass is 35.5. The summed E-state index contributed by atoms with van der Waals surface area (Å²) in [6.07, 6.45) is 10.9. The first-order valence-corrected chi connectivity index (χ1v) is 17.2. The van der Waals surface area contributed by atoms with Gasteiger partial charge in [0.25, 0.3) is 5.91 Å². The molecule has 0 aromatic heterocycles. The monoisotopic (exact) mass is 612 g/mol. The normalized spacial score (nSPS) is 31.5. The molecular weight excluding hydrogens is 572 g/mol. The molecule has 2 aromatic carbocycles. The highest BCUT2D eigenvalue weighted by Crippen LogP contribution is 2.46. The number of carbonyl (C=O) groups excluding carboxylic acids is 1. The number of aryl methyl sites for hydroxylation is 1. The highest BCUT2D eigenvalue weighted by molar-refractivity contribution is 7.90. The summed E-state index contributed by atoms with van der Waals surface area (Å²) < 4.78 is 41.2. The number of rotatable bonds is 2. The molecule has 6 rings (SSSR count). The van der Waals surface area contributed by atoms with Crippen LogP contribution in [0, 0.1) is 11.8 Å². The second-order valence-corrected chi connectivity index (χ2v) is 14.9. The van der Waals surface area contributed by atoms with E-state index in [0.29, 0.717) is 43.3 Å². The first-order valence-electron chi connectivity index (χ1n) is 15.3. The SMILES string of the molecule is CC[C@@H]1CC[C@H](OC)/C=C\[C@@H]2CC[C@H]2CN2C[C@@]3(CCCc4cc(Cl)ccc43)COc3ccc(cc32)C(=O)NS1(=O)=O. The number of anilines is 1. The largest absolute Gasteiger partial charge is 0.490 e. The second kappa shape index (κ2) is 11.9. The zero-order valence-electron chi connectivity index (χ0n) is 24.5. The van der Waals surface area contributed by atoms with Crippen molar-refractivity contribution in [1.82, 2.24) is 4.72 Å². The molecule has 226 valence electrons. The van der Waals surface area contributed by atoms with E-state index in [2.05, 4.69) is 33.9 Å². The molecule has 7 nitrogen and oxygen atoms in total. The van der Waals surface area contributed by atoms with E-state index in [9.17, 15) is 13.2 Å². The van der Waals surface area contributed by atoms with E-state index in [4.69, 9.17) is 21.1 Å². The zero-order valence-corrected chi connectivity index (χ0v) is 26.1. The van der Waals surface area contributed by atoms with Crippen LogP contribution in [0.25, 0.3) is 0 Å². The number of methoxy groups -OCH3 is 1. The number of sulfonamides is 1. The summed E-state index contributed by atoms with van der Waals surface area (Å²) >= 11 is 6.40. The standard InChI is InChI=1S/C33H41ClN2O5S/c1-3-28-13-12-27(40-2)11-8-22-6-7-25(22)19-36-20-33(16-4-5-23-17-26(34)10-14-29(23)33)21-41-31-15-9-24(18-30(31)36)32(37)35-42(28,38)39/h8-11,14-15,17-18,22,25,27-28H,3-7,12-13,16,19-21H2,1-2H3,(H,35,37)/b11-8-/t22-,25-,27+,28+,33-/m0/s1. The maximum absolute atomic E-state index is 13.4. The summed E-state index contributed by atoms with van der Waals surface area (Å²) in [5, 5.41) is 0.0697. The van der Waals surface area contributed by atoms with Gasteiger partial charge in [-0.15, -0.1) is 0 Å². The van der Waals surface area contributed by atoms with E-state index in [-0.39, 0.29) is 11.5 Å². The van der Waals surface area contributed by atoms with Gasteiger partial charge in [-0.25, -0.2) is 13.1 Å². The third-order valence-electron chi connectivity index (χ3n) is 10.0. The number of carbonyl (C=O) groups is 1. The van der Waals surface area contributed by atoms with Gasteiger partial charge >= 0.3 is 0 Å². The number of ether oxygens (including phenoxy) is 2. The number of amides is 1. The van der Waals surface area contributed by atoms with Crippen molar-refractivity contribution in [2.45, 2.75) is 75.1 Å². The molecule has 1 saturated carbocycles. The lowest BCUT2D eigenvalue weighted by molar-refractivity contribution is 0.0980. The average molecular weight is 613 g/mol. The Kier molecular flexibility index (Phi) is 8.33. The second-order valence-electron chi connectivity index (χ2n) is 12.5. The number of benzene rings is 2. The molecule has 4 aliphatic rings. The molecule has 5 atom stereocenters. The van der Waals surface area contributed by atoms with Crippen LogP contribution in [0.1, 0.15) is 73.4 Å². The Morgan fingerprint density at radius 3 is 2.74 bits per heavy atom. The van der Waals surface area contributed by atoms with Crippen LogP contribution in [0.2, 0.25) is 5.02 Å². The Bertz CT molecular complexity index is 1480. The number of allylic oxidation sites excluding steroid dienone is 1. The van der Waals surface area contributed by atoms with Gasteiger partial charge in [0.1, 0.15) is 5.75 Å². The number of halogens is 1. The van der Waals surface area contributed by atoms with Crippen LogP contribution in [0.5, 0.6) is 5.75 Å². The lowest BCUT2D eigenvalue weighted by atomic mass is 9.69. The van der Waals surface area contributed by atoms with Gasteiger partial charge in [-0.1, -0.05) is 36.7 Å². The van der Waals surface area contributed by atoms with Gasteiger partial charge in [0, 0.05) is 36.2 Å². The van der Waals surface area contributed by atoms with Crippen LogP contribution in [0.15, 0.2) is 48.6 Å². The van der Waals surface area contributed by atoms with Crippen LogP contribution in [0.3, 0.4) is 0 Å². The van der Waals surface area contributed by atoms with E-state index in [0.717, 1.165) is 61.7 Å². The minimum Gasteiger partial charge on any atom is -0.490 e. The molecule has 2 heterocycles. The van der Waals surface area contributed by atoms with Crippen LogP contribution in [0.4, 0.5) is 5.69 Å². The molecule has 2 bridgehead atoms. The predicted octanol–water partition coefficient (Wildman–Crippen LogP) is 6.04. The summed E-state index contributed by atoms with van der Waals surface area (Å²) in [6, 6.07) is 11.6. The van der Waals surface area contributed by atoms with E-state index in [1.165, 1.54) is 11.1 Å². The van der Waals surface area contributed by atoms with E-state index in [1.54, 1.807) is 13.2 Å². The zero-order chi connectivity index (χ0) is 29.5. The van der Waals surface area contributed by atoms with Gasteiger partial charge in [0.15, 0.2) is 0 Å². The molecule has 0 unspecified atom stereocenters. The summed E-state index contributed by atoms with van der Waals surface area (Å²) in [4.78, 5) is 15.8. The van der Waals surface area contributed by atoms with Crippen molar-refractivity contribution in [3.63, 3.8) is 0 Å². The van der Waals surface area contributed by atoms with Gasteiger partial charge in [-0.2, -0.15) is 0 Å². The quantitative estimate of drug-likeness (QED) is 0.416. The van der Waals surface area contributed by atoms with Crippen molar-refractivity contribution >= 4 is 33.2 Å². The molecule has 9 heteroatoms. The van der Waals surface area contributed by atoms with Crippen molar-refractivity contribution < 1.29 is 22.7 Å². The number of hydrogen-bond acceptors (Lipinski definition) is 6. The van der Waals surface area contributed by atoms with Gasteiger partial charge in [-0.3, -0.25) is 4.79 Å². The Balaban J connectivity index is 1.41. The lowest BCUT2D eigenvalue weighted by Crippen LogP contribution is -2.48. The first kappa shape index (κ1) is 29.5. The van der Waals surface area contributed by atoms with Gasteiger partial charge < -0.3 is 14.4 Å². The molecule has 2 aliphatic heterocycles. The molecule has 42 heavy (non-hydrogen) atoms. The molecule has 2 aliphatic carbocycles. The third-order valence-corrected chi connectivity index (χ3v) is 12.2. The highest BCUT2D eigenvalue weighted by Gasteiger charge is 2.43. The number of nitrogens with zero attached hydrogens (tertiary/aromatic N) is 1. The minimum atomic E-state index is -3.87. The number of fused-ring (bicyclic) bond motifs is 4. The molecule has 1 spiro atoms. The predicted molar refractivity (Wildman–Crippen MR) is 166 cm³/mol. The molecule has 2 aromatic rings. The molecule has 0 radical (unpaired) electrons. The van der Waals surface area contributed by atoms with Gasteiger partial charge in [0.05, 0.1) is 23.6 Å². The van der Waals surface area contributed by atoms with Gasteiger partial charge in [-0.05, 0) is 105 Å². The maximum atomic E-state index is 13.4. The molecule has 1 amide bonds. The van der Waals surface area contributed by atoms with E-state index >= 15 is 0 Å². The summed E-state index contributed by atoms with van der Waals surface area (Å²) in [5.74, 6) is 1.01. The summed E-state index contributed by atoms with van der Waals surface area (Å²) in [6.45, 7) is 3.96. The van der Waals surface area contributed by atoms with Crippen LogP contribution < -0.4 is 14.4 Å². The smallest absolute Gasteiger partial charge is 0.264 e.